The molecule has 78 valence electrons. The molecule has 2 rings (SSSR count). The van der Waals surface area contributed by atoms with Crippen LogP contribution in [0.5, 0.6) is 0 Å². The minimum absolute atomic E-state index is 0.274. The Morgan fingerprint density at radius 1 is 1.07 bits per heavy atom. The van der Waals surface area contributed by atoms with E-state index in [1.165, 1.54) is 5.56 Å². The van der Waals surface area contributed by atoms with Crippen molar-refractivity contribution in [3.05, 3.63) is 58.5 Å². The molecule has 0 aliphatic carbocycles. The molecule has 1 aromatic heterocycles. The predicted octanol–water partition coefficient (Wildman–Crippen LogP) is 4.39. The monoisotopic (exact) mass is 220 g/mol. The largest absolute Gasteiger partial charge is 0.466 e. The number of halogens is 1. The van der Waals surface area contributed by atoms with Crippen LogP contribution in [0.4, 0.5) is 0 Å². The van der Waals surface area contributed by atoms with Crippen LogP contribution in [0.3, 0.4) is 0 Å². The van der Waals surface area contributed by atoms with Gasteiger partial charge in [0.25, 0.3) is 0 Å². The van der Waals surface area contributed by atoms with Gasteiger partial charge in [0.2, 0.25) is 0 Å². The van der Waals surface area contributed by atoms with Crippen LogP contribution < -0.4 is 0 Å². The van der Waals surface area contributed by atoms with Gasteiger partial charge in [0.05, 0.1) is 0 Å². The van der Waals surface area contributed by atoms with Crippen molar-refractivity contribution in [2.75, 3.05) is 0 Å². The summed E-state index contributed by atoms with van der Waals surface area (Å²) in [5, 5.41) is 0.765. The highest BCUT2D eigenvalue weighted by Gasteiger charge is 2.11. The molecule has 1 unspecified atom stereocenters. The first-order valence-corrected chi connectivity index (χ1v) is 5.36. The SMILES string of the molecule is Cc1ccc(C(C)c2ccc(Cl)cc2)o1. The Balaban J connectivity index is 2.28. The summed E-state index contributed by atoms with van der Waals surface area (Å²) in [6.45, 7) is 4.08. The summed E-state index contributed by atoms with van der Waals surface area (Å²) in [5.41, 5.74) is 1.22. The summed E-state index contributed by atoms with van der Waals surface area (Å²) in [5.74, 6) is 2.22. The van der Waals surface area contributed by atoms with E-state index in [1.807, 2.05) is 43.3 Å². The van der Waals surface area contributed by atoms with Crippen LogP contribution in [0.1, 0.15) is 29.9 Å². The molecule has 1 nitrogen and oxygen atoms in total. The van der Waals surface area contributed by atoms with Crippen LogP contribution in [0.15, 0.2) is 40.8 Å². The number of aryl methyl sites for hydroxylation is 1. The van der Waals surface area contributed by atoms with Crippen molar-refractivity contribution in [2.45, 2.75) is 19.8 Å². The predicted molar refractivity (Wildman–Crippen MR) is 62.4 cm³/mol. The Morgan fingerprint density at radius 2 is 1.73 bits per heavy atom. The normalized spacial score (nSPS) is 12.7. The molecule has 2 heteroatoms. The van der Waals surface area contributed by atoms with Crippen molar-refractivity contribution in [1.29, 1.82) is 0 Å². The quantitative estimate of drug-likeness (QED) is 0.732. The van der Waals surface area contributed by atoms with Gasteiger partial charge >= 0.3 is 0 Å². The Morgan fingerprint density at radius 3 is 2.27 bits per heavy atom. The number of hydrogen-bond acceptors (Lipinski definition) is 1. The van der Waals surface area contributed by atoms with E-state index in [0.717, 1.165) is 16.5 Å². The summed E-state index contributed by atoms with van der Waals surface area (Å²) >= 11 is 5.84. The highest BCUT2D eigenvalue weighted by atomic mass is 35.5. The second-order valence-corrected chi connectivity index (χ2v) is 4.16. The van der Waals surface area contributed by atoms with E-state index in [-0.39, 0.29) is 5.92 Å². The molecule has 0 aliphatic heterocycles. The van der Waals surface area contributed by atoms with Gasteiger partial charge < -0.3 is 4.42 Å². The molecule has 0 radical (unpaired) electrons. The molecular formula is C13H13ClO. The fourth-order valence-electron chi connectivity index (χ4n) is 1.60. The minimum Gasteiger partial charge on any atom is -0.466 e. The fourth-order valence-corrected chi connectivity index (χ4v) is 1.73. The van der Waals surface area contributed by atoms with Gasteiger partial charge in [-0.25, -0.2) is 0 Å². The van der Waals surface area contributed by atoms with Gasteiger partial charge in [-0.15, -0.1) is 0 Å². The van der Waals surface area contributed by atoms with Crippen molar-refractivity contribution < 1.29 is 4.42 Å². The van der Waals surface area contributed by atoms with Gasteiger partial charge in [-0.3, -0.25) is 0 Å². The third-order valence-electron chi connectivity index (χ3n) is 2.56. The number of benzene rings is 1. The molecular weight excluding hydrogens is 208 g/mol. The van der Waals surface area contributed by atoms with E-state index in [4.69, 9.17) is 16.0 Å². The molecule has 2 aromatic rings. The first-order valence-electron chi connectivity index (χ1n) is 4.98. The maximum Gasteiger partial charge on any atom is 0.111 e. The number of furan rings is 1. The van der Waals surface area contributed by atoms with Crippen LogP contribution in [0.2, 0.25) is 5.02 Å². The molecule has 0 amide bonds. The lowest BCUT2D eigenvalue weighted by Crippen LogP contribution is -1.93. The van der Waals surface area contributed by atoms with Gasteiger partial charge in [-0.2, -0.15) is 0 Å². The summed E-state index contributed by atoms with van der Waals surface area (Å²) < 4.78 is 5.60. The fraction of sp³-hybridized carbons (Fsp3) is 0.231. The topological polar surface area (TPSA) is 13.1 Å². The lowest BCUT2D eigenvalue weighted by atomic mass is 9.99. The average Bonchev–Trinajstić information content (AvgIpc) is 2.65. The zero-order valence-corrected chi connectivity index (χ0v) is 9.58. The summed E-state index contributed by atoms with van der Waals surface area (Å²) in [7, 11) is 0. The molecule has 1 aromatic carbocycles. The van der Waals surface area contributed by atoms with Crippen LogP contribution in [0.25, 0.3) is 0 Å². The summed E-state index contributed by atoms with van der Waals surface area (Å²) in [6, 6.07) is 11.9. The lowest BCUT2D eigenvalue weighted by molar-refractivity contribution is 0.471. The van der Waals surface area contributed by atoms with E-state index in [9.17, 15) is 0 Å². The van der Waals surface area contributed by atoms with Crippen molar-refractivity contribution in [2.24, 2.45) is 0 Å². The molecule has 0 saturated carbocycles. The molecule has 0 fully saturated rings. The molecule has 15 heavy (non-hydrogen) atoms. The maximum absolute atomic E-state index is 5.84. The van der Waals surface area contributed by atoms with Gasteiger partial charge in [0.1, 0.15) is 11.5 Å². The Bertz CT molecular complexity index is 442. The van der Waals surface area contributed by atoms with E-state index in [0.29, 0.717) is 0 Å². The van der Waals surface area contributed by atoms with Crippen molar-refractivity contribution in [1.82, 2.24) is 0 Å². The number of rotatable bonds is 2. The second-order valence-electron chi connectivity index (χ2n) is 3.72. The van der Waals surface area contributed by atoms with Gasteiger partial charge in [-0.05, 0) is 36.8 Å². The van der Waals surface area contributed by atoms with Gasteiger partial charge in [0, 0.05) is 10.9 Å². The van der Waals surface area contributed by atoms with Crippen molar-refractivity contribution >= 4 is 11.6 Å². The van der Waals surface area contributed by atoms with Gasteiger partial charge in [0.15, 0.2) is 0 Å². The summed E-state index contributed by atoms with van der Waals surface area (Å²) in [4.78, 5) is 0. The van der Waals surface area contributed by atoms with Crippen LogP contribution in [-0.4, -0.2) is 0 Å². The average molecular weight is 221 g/mol. The van der Waals surface area contributed by atoms with Crippen LogP contribution >= 0.6 is 11.6 Å². The van der Waals surface area contributed by atoms with Gasteiger partial charge in [-0.1, -0.05) is 30.7 Å². The summed E-state index contributed by atoms with van der Waals surface area (Å²) in [6.07, 6.45) is 0. The van der Waals surface area contributed by atoms with Crippen LogP contribution in [0, 0.1) is 6.92 Å². The molecule has 0 bridgehead atoms. The maximum atomic E-state index is 5.84. The van der Waals surface area contributed by atoms with Crippen LogP contribution in [-0.2, 0) is 0 Å². The van der Waals surface area contributed by atoms with E-state index < -0.39 is 0 Å². The standard InChI is InChI=1S/C13H13ClO/c1-9-3-8-13(15-9)10(2)11-4-6-12(14)7-5-11/h3-8,10H,1-2H3. The zero-order valence-electron chi connectivity index (χ0n) is 8.83. The molecule has 0 spiro atoms. The molecule has 1 heterocycles. The van der Waals surface area contributed by atoms with E-state index in [2.05, 4.69) is 6.92 Å². The smallest absolute Gasteiger partial charge is 0.111 e. The van der Waals surface area contributed by atoms with Crippen molar-refractivity contribution in [3.63, 3.8) is 0 Å². The highest BCUT2D eigenvalue weighted by molar-refractivity contribution is 6.30. The second kappa shape index (κ2) is 4.11. The third kappa shape index (κ3) is 2.24. The van der Waals surface area contributed by atoms with E-state index >= 15 is 0 Å². The molecule has 0 N–H and O–H groups in total. The Hall–Kier alpha value is -1.21. The minimum atomic E-state index is 0.274. The first-order chi connectivity index (χ1) is 7.16. The highest BCUT2D eigenvalue weighted by Crippen LogP contribution is 2.26. The zero-order chi connectivity index (χ0) is 10.8. The Labute approximate surface area is 94.7 Å². The van der Waals surface area contributed by atoms with Crippen molar-refractivity contribution in [3.8, 4) is 0 Å². The third-order valence-corrected chi connectivity index (χ3v) is 2.81. The molecule has 0 aliphatic rings. The molecule has 1 atom stereocenters. The molecule has 0 saturated heterocycles. The number of hydrogen-bond donors (Lipinski definition) is 0. The Kier molecular flexibility index (Phi) is 2.83. The van der Waals surface area contributed by atoms with E-state index in [1.54, 1.807) is 0 Å². The lowest BCUT2D eigenvalue weighted by Gasteiger charge is -2.08. The first kappa shape index (κ1) is 10.3.